The van der Waals surface area contributed by atoms with Gasteiger partial charge in [-0.25, -0.2) is 0 Å². The van der Waals surface area contributed by atoms with E-state index in [2.05, 4.69) is 0 Å². The summed E-state index contributed by atoms with van der Waals surface area (Å²) in [5.41, 5.74) is 6.73. The van der Waals surface area contributed by atoms with Gasteiger partial charge in [0.15, 0.2) is 0 Å². The smallest absolute Gasteiger partial charge is 0.136 e. The molecule has 1 atom stereocenters. The molecule has 0 aliphatic heterocycles. The first-order valence-corrected chi connectivity index (χ1v) is 6.85. The van der Waals surface area contributed by atoms with E-state index in [4.69, 9.17) is 38.4 Å². The molecule has 0 amide bonds. The molecule has 3 nitrogen and oxygen atoms in total. The molecule has 2 N–H and O–H groups in total. The van der Waals surface area contributed by atoms with Gasteiger partial charge in [-0.1, -0.05) is 35.3 Å². The quantitative estimate of drug-likeness (QED) is 0.904. The van der Waals surface area contributed by atoms with Crippen molar-refractivity contribution in [3.63, 3.8) is 0 Å². The molecule has 1 unspecified atom stereocenters. The minimum atomic E-state index is -0.276. The summed E-state index contributed by atoms with van der Waals surface area (Å²) in [5, 5.41) is 0.940. The summed E-state index contributed by atoms with van der Waals surface area (Å²) in [4.78, 5) is 0. The number of hydrogen-bond donors (Lipinski definition) is 1. The largest absolute Gasteiger partial charge is 0.497 e. The highest BCUT2D eigenvalue weighted by molar-refractivity contribution is 6.42. The van der Waals surface area contributed by atoms with Crippen LogP contribution in [0.3, 0.4) is 0 Å². The first-order chi connectivity index (χ1) is 9.63. The molecule has 2 aromatic carbocycles. The Hall–Kier alpha value is -1.42. The van der Waals surface area contributed by atoms with Gasteiger partial charge in [0.2, 0.25) is 0 Å². The molecule has 0 radical (unpaired) electrons. The predicted molar refractivity (Wildman–Crippen MR) is 81.9 cm³/mol. The summed E-state index contributed by atoms with van der Waals surface area (Å²) < 4.78 is 11.1. The van der Waals surface area contributed by atoms with E-state index in [0.29, 0.717) is 22.3 Å². The zero-order chi connectivity index (χ0) is 14.5. The predicted octanol–water partition coefficient (Wildman–Crippen LogP) is 4.08. The van der Waals surface area contributed by atoms with Crippen LogP contribution in [0.5, 0.6) is 11.5 Å². The lowest BCUT2D eigenvalue weighted by atomic mass is 10.1. The molecule has 5 heteroatoms. The van der Waals surface area contributed by atoms with E-state index in [1.165, 1.54) is 0 Å². The van der Waals surface area contributed by atoms with Crippen molar-refractivity contribution in [3.05, 3.63) is 58.1 Å². The Bertz CT molecular complexity index is 590. The molecule has 0 aliphatic carbocycles. The number of methoxy groups -OCH3 is 1. The molecule has 0 aromatic heterocycles. The van der Waals surface area contributed by atoms with Gasteiger partial charge < -0.3 is 15.2 Å². The van der Waals surface area contributed by atoms with E-state index in [1.54, 1.807) is 25.3 Å². The number of rotatable bonds is 5. The van der Waals surface area contributed by atoms with Gasteiger partial charge in [-0.3, -0.25) is 0 Å². The number of ether oxygens (including phenoxy) is 2. The lowest BCUT2D eigenvalue weighted by Crippen LogP contribution is -2.18. The van der Waals surface area contributed by atoms with E-state index in [1.807, 2.05) is 24.3 Å². The molecule has 0 aliphatic rings. The highest BCUT2D eigenvalue weighted by Crippen LogP contribution is 2.29. The molecule has 20 heavy (non-hydrogen) atoms. The van der Waals surface area contributed by atoms with Crippen molar-refractivity contribution in [1.29, 1.82) is 0 Å². The fraction of sp³-hybridized carbons (Fsp3) is 0.200. The number of nitrogens with two attached hydrogens (primary N) is 1. The van der Waals surface area contributed by atoms with Crippen LogP contribution in [0.1, 0.15) is 11.7 Å². The van der Waals surface area contributed by atoms with Crippen LogP contribution >= 0.6 is 23.2 Å². The van der Waals surface area contributed by atoms with Crippen molar-refractivity contribution in [2.24, 2.45) is 5.73 Å². The van der Waals surface area contributed by atoms with Crippen LogP contribution < -0.4 is 15.2 Å². The third kappa shape index (κ3) is 3.57. The Kier molecular flexibility index (Phi) is 5.12. The third-order valence-corrected chi connectivity index (χ3v) is 3.59. The summed E-state index contributed by atoms with van der Waals surface area (Å²) in [6.45, 7) is 0.341. The first kappa shape index (κ1) is 15.0. The summed E-state index contributed by atoms with van der Waals surface area (Å²) in [6, 6.07) is 12.7. The maximum Gasteiger partial charge on any atom is 0.136 e. The molecule has 0 bridgehead atoms. The molecule has 0 saturated carbocycles. The van der Waals surface area contributed by atoms with Gasteiger partial charge in [-0.15, -0.1) is 0 Å². The maximum atomic E-state index is 5.97. The van der Waals surface area contributed by atoms with E-state index in [-0.39, 0.29) is 6.10 Å². The first-order valence-electron chi connectivity index (χ1n) is 6.09. The fourth-order valence-corrected chi connectivity index (χ4v) is 2.10. The molecular weight excluding hydrogens is 297 g/mol. The van der Waals surface area contributed by atoms with Crippen molar-refractivity contribution in [3.8, 4) is 11.5 Å². The fourth-order valence-electron chi connectivity index (χ4n) is 1.81. The monoisotopic (exact) mass is 311 g/mol. The van der Waals surface area contributed by atoms with Crippen molar-refractivity contribution < 1.29 is 9.47 Å². The third-order valence-electron chi connectivity index (χ3n) is 2.85. The zero-order valence-electron chi connectivity index (χ0n) is 11.0. The topological polar surface area (TPSA) is 44.5 Å². The van der Waals surface area contributed by atoms with Crippen molar-refractivity contribution in [1.82, 2.24) is 0 Å². The minimum absolute atomic E-state index is 0.276. The molecule has 0 saturated heterocycles. The maximum absolute atomic E-state index is 5.97. The molecule has 2 rings (SSSR count). The van der Waals surface area contributed by atoms with Gasteiger partial charge in [0.05, 0.1) is 17.2 Å². The Labute approximate surface area is 128 Å². The van der Waals surface area contributed by atoms with Gasteiger partial charge in [0.25, 0.3) is 0 Å². The van der Waals surface area contributed by atoms with Crippen LogP contribution in [-0.4, -0.2) is 13.7 Å². The Morgan fingerprint density at radius 3 is 2.50 bits per heavy atom. The summed E-state index contributed by atoms with van der Waals surface area (Å²) in [5.74, 6) is 1.39. The molecule has 106 valence electrons. The zero-order valence-corrected chi connectivity index (χ0v) is 12.5. The highest BCUT2D eigenvalue weighted by atomic mass is 35.5. The van der Waals surface area contributed by atoms with Crippen molar-refractivity contribution in [2.45, 2.75) is 6.10 Å². The summed E-state index contributed by atoms with van der Waals surface area (Å²) >= 11 is 11.8. The van der Waals surface area contributed by atoms with Crippen LogP contribution in [0.25, 0.3) is 0 Å². The van der Waals surface area contributed by atoms with E-state index >= 15 is 0 Å². The van der Waals surface area contributed by atoms with Gasteiger partial charge in [0.1, 0.15) is 17.6 Å². The Morgan fingerprint density at radius 1 is 1.05 bits per heavy atom. The molecule has 2 aromatic rings. The average Bonchev–Trinajstić information content (AvgIpc) is 2.48. The van der Waals surface area contributed by atoms with Crippen molar-refractivity contribution in [2.75, 3.05) is 13.7 Å². The Balaban J connectivity index is 2.21. The average molecular weight is 312 g/mol. The standard InChI is InChI=1S/C15H15Cl2NO2/c1-19-11-4-2-3-10(7-11)15(9-18)20-12-5-6-13(16)14(17)8-12/h2-8,15H,9,18H2,1H3. The SMILES string of the molecule is COc1cccc(C(CN)Oc2ccc(Cl)c(Cl)c2)c1. The minimum Gasteiger partial charge on any atom is -0.497 e. The molecule has 0 spiro atoms. The lowest BCUT2D eigenvalue weighted by Gasteiger charge is -2.18. The van der Waals surface area contributed by atoms with Gasteiger partial charge in [-0.2, -0.15) is 0 Å². The van der Waals surface area contributed by atoms with Crippen LogP contribution in [0.15, 0.2) is 42.5 Å². The highest BCUT2D eigenvalue weighted by Gasteiger charge is 2.13. The van der Waals surface area contributed by atoms with E-state index < -0.39 is 0 Å². The van der Waals surface area contributed by atoms with Gasteiger partial charge in [-0.05, 0) is 29.8 Å². The normalized spacial score (nSPS) is 12.0. The molecular formula is C15H15Cl2NO2. The van der Waals surface area contributed by atoms with Crippen LogP contribution in [0, 0.1) is 0 Å². The molecule has 0 fully saturated rings. The van der Waals surface area contributed by atoms with Crippen molar-refractivity contribution >= 4 is 23.2 Å². The summed E-state index contributed by atoms with van der Waals surface area (Å²) in [7, 11) is 1.62. The number of benzene rings is 2. The van der Waals surface area contributed by atoms with Crippen LogP contribution in [0.2, 0.25) is 10.0 Å². The van der Waals surface area contributed by atoms with Crippen LogP contribution in [-0.2, 0) is 0 Å². The number of halogens is 2. The lowest BCUT2D eigenvalue weighted by molar-refractivity contribution is 0.214. The number of hydrogen-bond acceptors (Lipinski definition) is 3. The second kappa shape index (κ2) is 6.84. The van der Waals surface area contributed by atoms with Gasteiger partial charge >= 0.3 is 0 Å². The van der Waals surface area contributed by atoms with E-state index in [0.717, 1.165) is 11.3 Å². The van der Waals surface area contributed by atoms with Gasteiger partial charge in [0, 0.05) is 12.6 Å². The second-order valence-corrected chi connectivity index (χ2v) is 5.01. The van der Waals surface area contributed by atoms with E-state index in [9.17, 15) is 0 Å². The van der Waals surface area contributed by atoms with Crippen LogP contribution in [0.4, 0.5) is 0 Å². The molecule has 0 heterocycles. The Morgan fingerprint density at radius 2 is 1.85 bits per heavy atom. The second-order valence-electron chi connectivity index (χ2n) is 4.19. The summed E-state index contributed by atoms with van der Waals surface area (Å²) in [6.07, 6.45) is -0.276.